The van der Waals surface area contributed by atoms with Gasteiger partial charge in [0, 0.05) is 26.1 Å². The Hall–Kier alpha value is -4.59. The highest BCUT2D eigenvalue weighted by atomic mass is 16.5. The summed E-state index contributed by atoms with van der Waals surface area (Å²) in [5.74, 6) is 1.64. The van der Waals surface area contributed by atoms with Crippen LogP contribution in [0.5, 0.6) is 11.5 Å². The molecule has 0 spiro atoms. The van der Waals surface area contributed by atoms with Gasteiger partial charge in [0.1, 0.15) is 17.5 Å². The number of amides is 4. The van der Waals surface area contributed by atoms with Crippen LogP contribution in [0.2, 0.25) is 0 Å². The number of nitrogens with zero attached hydrogens (tertiary/aromatic N) is 3. The Morgan fingerprint density at radius 1 is 0.930 bits per heavy atom. The predicted molar refractivity (Wildman–Crippen MR) is 164 cm³/mol. The summed E-state index contributed by atoms with van der Waals surface area (Å²) >= 11 is 0. The van der Waals surface area contributed by atoms with Gasteiger partial charge in [-0.15, -0.1) is 0 Å². The van der Waals surface area contributed by atoms with E-state index in [1.54, 1.807) is 9.80 Å². The van der Waals surface area contributed by atoms with Gasteiger partial charge in [-0.2, -0.15) is 0 Å². The second-order valence-corrected chi connectivity index (χ2v) is 11.6. The lowest BCUT2D eigenvalue weighted by molar-refractivity contribution is -0.144. The van der Waals surface area contributed by atoms with E-state index in [1.165, 1.54) is 0 Å². The van der Waals surface area contributed by atoms with Crippen molar-refractivity contribution < 1.29 is 19.1 Å². The zero-order valence-corrected chi connectivity index (χ0v) is 24.7. The van der Waals surface area contributed by atoms with Gasteiger partial charge in [-0.05, 0) is 61.1 Å². The van der Waals surface area contributed by atoms with Gasteiger partial charge in [-0.25, -0.2) is 4.79 Å². The Morgan fingerprint density at radius 3 is 2.30 bits per heavy atom. The van der Waals surface area contributed by atoms with Gasteiger partial charge in [0.2, 0.25) is 5.91 Å². The molecular formula is C35H38N4O4. The van der Waals surface area contributed by atoms with Crippen LogP contribution >= 0.6 is 0 Å². The number of likely N-dealkylation sites (tertiary alicyclic amines) is 1. The minimum atomic E-state index is -0.670. The van der Waals surface area contributed by atoms with Gasteiger partial charge in [0.25, 0.3) is 5.91 Å². The summed E-state index contributed by atoms with van der Waals surface area (Å²) in [6.45, 7) is 6.12. The molecule has 4 amide bonds. The molecule has 0 bridgehead atoms. The molecule has 3 aromatic carbocycles. The molecule has 1 saturated heterocycles. The quantitative estimate of drug-likeness (QED) is 0.381. The Morgan fingerprint density at radius 2 is 1.60 bits per heavy atom. The number of carbonyl (C=O) groups excluding carboxylic acids is 3. The fraction of sp³-hybridized carbons (Fsp3) is 0.343. The number of benzene rings is 3. The number of likely N-dealkylation sites (N-methyl/N-ethyl adjacent to an activating group) is 1. The largest absolute Gasteiger partial charge is 0.457 e. The number of hydrogen-bond donors (Lipinski definition) is 1. The van der Waals surface area contributed by atoms with Gasteiger partial charge in [0.05, 0.1) is 23.9 Å². The molecular weight excluding hydrogens is 540 g/mol. The summed E-state index contributed by atoms with van der Waals surface area (Å²) in [6.07, 6.45) is 2.33. The maximum absolute atomic E-state index is 14.4. The van der Waals surface area contributed by atoms with Crippen molar-refractivity contribution in [2.24, 2.45) is 5.92 Å². The fourth-order valence-electron chi connectivity index (χ4n) is 6.34. The van der Waals surface area contributed by atoms with Gasteiger partial charge < -0.3 is 19.9 Å². The van der Waals surface area contributed by atoms with Crippen LogP contribution in [0.15, 0.2) is 96.2 Å². The zero-order chi connectivity index (χ0) is 29.9. The van der Waals surface area contributed by atoms with E-state index in [4.69, 9.17) is 4.74 Å². The summed E-state index contributed by atoms with van der Waals surface area (Å²) in [5, 5.41) is 3.06. The van der Waals surface area contributed by atoms with Crippen molar-refractivity contribution in [1.29, 1.82) is 0 Å². The monoisotopic (exact) mass is 578 g/mol. The van der Waals surface area contributed by atoms with Crippen LogP contribution in [0.3, 0.4) is 0 Å². The van der Waals surface area contributed by atoms with Crippen molar-refractivity contribution in [2.45, 2.75) is 45.2 Å². The summed E-state index contributed by atoms with van der Waals surface area (Å²) in [4.78, 5) is 47.2. The summed E-state index contributed by atoms with van der Waals surface area (Å²) in [6, 6.07) is 25.2. The number of hydrogen-bond acceptors (Lipinski definition) is 4. The highest BCUT2D eigenvalue weighted by molar-refractivity contribution is 6.03. The zero-order valence-electron chi connectivity index (χ0n) is 24.7. The lowest BCUT2D eigenvalue weighted by Gasteiger charge is -2.36. The predicted octanol–water partition coefficient (Wildman–Crippen LogP) is 5.53. The van der Waals surface area contributed by atoms with Crippen LogP contribution < -0.4 is 10.1 Å². The molecule has 8 nitrogen and oxygen atoms in total. The van der Waals surface area contributed by atoms with Crippen molar-refractivity contribution in [1.82, 2.24) is 20.0 Å². The Labute approximate surface area is 252 Å². The first-order valence-corrected chi connectivity index (χ1v) is 15.2. The maximum atomic E-state index is 14.4. The number of nitrogens with one attached hydrogen (secondary N) is 1. The second kappa shape index (κ2) is 12.3. The first kappa shape index (κ1) is 28.5. The number of urea groups is 1. The molecule has 0 radical (unpaired) electrons. The van der Waals surface area contributed by atoms with Gasteiger partial charge in [0.15, 0.2) is 0 Å². The van der Waals surface area contributed by atoms with Crippen molar-refractivity contribution in [2.75, 3.05) is 26.2 Å². The topological polar surface area (TPSA) is 82.2 Å². The van der Waals surface area contributed by atoms with Gasteiger partial charge in [-0.1, -0.05) is 67.6 Å². The van der Waals surface area contributed by atoms with Crippen LogP contribution in [0.1, 0.15) is 43.9 Å². The molecule has 6 rings (SSSR count). The van der Waals surface area contributed by atoms with Crippen LogP contribution in [0.4, 0.5) is 4.79 Å². The number of ether oxygens (including phenoxy) is 1. The molecule has 3 aromatic rings. The third kappa shape index (κ3) is 5.87. The Balaban J connectivity index is 1.33. The molecule has 222 valence electrons. The van der Waals surface area contributed by atoms with E-state index >= 15 is 0 Å². The highest BCUT2D eigenvalue weighted by Gasteiger charge is 2.47. The van der Waals surface area contributed by atoms with Crippen molar-refractivity contribution in [3.8, 4) is 11.5 Å². The smallest absolute Gasteiger partial charge is 0.322 e. The highest BCUT2D eigenvalue weighted by Crippen LogP contribution is 2.39. The normalized spacial score (nSPS) is 19.8. The summed E-state index contributed by atoms with van der Waals surface area (Å²) < 4.78 is 6.06. The van der Waals surface area contributed by atoms with Crippen molar-refractivity contribution in [3.05, 3.63) is 107 Å². The average Bonchev–Trinajstić information content (AvgIpc) is 3.37. The molecule has 0 saturated carbocycles. The lowest BCUT2D eigenvalue weighted by atomic mass is 9.95. The summed E-state index contributed by atoms with van der Waals surface area (Å²) in [5.41, 5.74) is 2.91. The average molecular weight is 579 g/mol. The van der Waals surface area contributed by atoms with E-state index in [0.717, 1.165) is 24.0 Å². The minimum Gasteiger partial charge on any atom is -0.457 e. The maximum Gasteiger partial charge on any atom is 0.322 e. The molecule has 3 heterocycles. The summed E-state index contributed by atoms with van der Waals surface area (Å²) in [7, 11) is 0. The Kier molecular flexibility index (Phi) is 8.18. The number of piperidine rings is 1. The van der Waals surface area contributed by atoms with Gasteiger partial charge in [-0.3, -0.25) is 14.5 Å². The van der Waals surface area contributed by atoms with E-state index in [-0.39, 0.29) is 24.4 Å². The van der Waals surface area contributed by atoms with E-state index in [2.05, 4.69) is 12.2 Å². The molecule has 2 atom stereocenters. The second-order valence-electron chi connectivity index (χ2n) is 11.6. The standard InChI is InChI=1S/C35H38N4O4/c1-3-38-30-23-39(29(21-25-11-6-4-7-12-25)33(40)37-19-17-24(2)18-20-37)34(41)31(30)32(36-35(38)42)26-13-10-16-28(22-26)43-27-14-8-5-9-15-27/h4-16,22,24,29,32H,3,17-21,23H2,1-2H3,(H,36,42)/t29-,32-/m1/s1. The number of para-hydroxylation sites is 1. The SMILES string of the molecule is CCN1C(=O)N[C@H](c2cccc(Oc3ccccc3)c2)C2=C1CN([C@H](Cc1ccccc1)C(=O)N1CCC(C)CC1)C2=O. The molecule has 1 fully saturated rings. The van der Waals surface area contributed by atoms with Crippen LogP contribution in [-0.4, -0.2) is 64.8 Å². The van der Waals surface area contributed by atoms with Crippen LogP contribution in [-0.2, 0) is 16.0 Å². The first-order valence-electron chi connectivity index (χ1n) is 15.2. The number of rotatable bonds is 8. The van der Waals surface area contributed by atoms with Gasteiger partial charge >= 0.3 is 6.03 Å². The van der Waals surface area contributed by atoms with E-state index in [1.807, 2.05) is 96.8 Å². The fourth-order valence-corrected chi connectivity index (χ4v) is 6.34. The third-order valence-corrected chi connectivity index (χ3v) is 8.76. The molecule has 0 aliphatic carbocycles. The molecule has 1 N–H and O–H groups in total. The van der Waals surface area contributed by atoms with Crippen LogP contribution in [0.25, 0.3) is 0 Å². The minimum absolute atomic E-state index is 0.0268. The molecule has 43 heavy (non-hydrogen) atoms. The Bertz CT molecular complexity index is 1520. The first-order chi connectivity index (χ1) is 20.9. The van der Waals surface area contributed by atoms with Crippen molar-refractivity contribution >= 4 is 17.8 Å². The van der Waals surface area contributed by atoms with Crippen LogP contribution in [0, 0.1) is 5.92 Å². The number of carbonyl (C=O) groups is 3. The van der Waals surface area contributed by atoms with E-state index < -0.39 is 12.1 Å². The molecule has 0 unspecified atom stereocenters. The third-order valence-electron chi connectivity index (χ3n) is 8.76. The molecule has 3 aliphatic heterocycles. The molecule has 8 heteroatoms. The molecule has 0 aromatic heterocycles. The lowest BCUT2D eigenvalue weighted by Crippen LogP contribution is -2.52. The molecule has 3 aliphatic rings. The van der Waals surface area contributed by atoms with Crippen molar-refractivity contribution in [3.63, 3.8) is 0 Å². The van der Waals surface area contributed by atoms with E-state index in [0.29, 0.717) is 54.7 Å². The van der Waals surface area contributed by atoms with E-state index in [9.17, 15) is 14.4 Å².